The van der Waals surface area contributed by atoms with Gasteiger partial charge >= 0.3 is 29.6 Å². The molecule has 0 unspecified atom stereocenters. The molecule has 1 N–H and O–H groups in total. The Kier molecular flexibility index (Phi) is 5.13. The van der Waals surface area contributed by atoms with Crippen molar-refractivity contribution in [3.8, 4) is 11.1 Å². The summed E-state index contributed by atoms with van der Waals surface area (Å²) in [5, 5.41) is 0. The molecule has 0 saturated carbocycles. The Morgan fingerprint density at radius 3 is 1.61 bits per heavy atom. The molecule has 0 radical (unpaired) electrons. The van der Waals surface area contributed by atoms with Crippen LogP contribution in [0.5, 0.6) is 0 Å². The maximum absolute atomic E-state index is 10.9. The second kappa shape index (κ2) is 5.99. The first-order valence-electron chi connectivity index (χ1n) is 5.11. The van der Waals surface area contributed by atoms with Crippen molar-refractivity contribution < 1.29 is 13.0 Å². The second-order valence-electron chi connectivity index (χ2n) is 3.87. The molecule has 0 aliphatic heterocycles. The minimum atomic E-state index is -4.11. The summed E-state index contributed by atoms with van der Waals surface area (Å²) in [5.74, 6) is 0. The summed E-state index contributed by atoms with van der Waals surface area (Å²) in [6.07, 6.45) is 0. The predicted octanol–water partition coefficient (Wildman–Crippen LogP) is 2.26. The summed E-state index contributed by atoms with van der Waals surface area (Å²) in [6, 6.07) is 14.1. The number of benzene rings is 2. The average Bonchev–Trinajstić information content (AvgIpc) is 2.29. The van der Waals surface area contributed by atoms with Gasteiger partial charge in [0.1, 0.15) is 0 Å². The molecule has 0 fully saturated rings. The first kappa shape index (κ1) is 15.4. The quantitative estimate of drug-likeness (QED) is 0.674. The van der Waals surface area contributed by atoms with E-state index in [-0.39, 0.29) is 34.5 Å². The summed E-state index contributed by atoms with van der Waals surface area (Å²) in [6.45, 7) is 2.01. The molecule has 0 saturated heterocycles. The molecule has 0 atom stereocenters. The molecule has 5 heteroatoms. The maximum atomic E-state index is 10.9. The van der Waals surface area contributed by atoms with Gasteiger partial charge < -0.3 is 0 Å². The Morgan fingerprint density at radius 2 is 1.22 bits per heavy atom. The van der Waals surface area contributed by atoms with E-state index in [1.807, 2.05) is 31.2 Å². The third-order valence-corrected chi connectivity index (χ3v) is 3.40. The van der Waals surface area contributed by atoms with Crippen LogP contribution in [0.4, 0.5) is 0 Å². The standard InChI is InChI=1S/C13H12O3S.Na.H/c1-10-2-4-11(5-3-10)12-6-8-13(9-7-12)17(14,15)16;;/h2-9H,1H3,(H,14,15,16);;. The van der Waals surface area contributed by atoms with Gasteiger partial charge in [-0.25, -0.2) is 0 Å². The Labute approximate surface area is 129 Å². The molecule has 2 aromatic rings. The van der Waals surface area contributed by atoms with Gasteiger partial charge in [0.2, 0.25) is 0 Å². The fourth-order valence-electron chi connectivity index (χ4n) is 1.57. The van der Waals surface area contributed by atoms with E-state index in [2.05, 4.69) is 0 Å². The SMILES string of the molecule is Cc1ccc(-c2ccc(S(=O)(=O)O)cc2)cc1.[NaH]. The molecule has 0 aliphatic rings. The summed E-state index contributed by atoms with van der Waals surface area (Å²) in [4.78, 5) is -0.0895. The summed E-state index contributed by atoms with van der Waals surface area (Å²) < 4.78 is 30.6. The molecule has 2 rings (SSSR count). The van der Waals surface area contributed by atoms with Crippen molar-refractivity contribution in [1.82, 2.24) is 0 Å². The van der Waals surface area contributed by atoms with Crippen LogP contribution in [0.1, 0.15) is 5.56 Å². The topological polar surface area (TPSA) is 54.4 Å². The van der Waals surface area contributed by atoms with Crippen molar-refractivity contribution in [2.45, 2.75) is 11.8 Å². The van der Waals surface area contributed by atoms with Crippen molar-refractivity contribution in [1.29, 1.82) is 0 Å². The Morgan fingerprint density at radius 1 is 0.833 bits per heavy atom. The van der Waals surface area contributed by atoms with E-state index in [4.69, 9.17) is 4.55 Å². The fraction of sp³-hybridized carbons (Fsp3) is 0.0769. The van der Waals surface area contributed by atoms with Crippen LogP contribution in [0.15, 0.2) is 53.4 Å². The zero-order valence-corrected chi connectivity index (χ0v) is 10.1. The van der Waals surface area contributed by atoms with Crippen LogP contribution in [-0.2, 0) is 10.1 Å². The zero-order valence-electron chi connectivity index (χ0n) is 9.29. The summed E-state index contributed by atoms with van der Waals surface area (Å²) in [5.41, 5.74) is 3.10. The van der Waals surface area contributed by atoms with E-state index < -0.39 is 10.1 Å². The zero-order chi connectivity index (χ0) is 12.5. The molecule has 90 valence electrons. The van der Waals surface area contributed by atoms with E-state index in [1.54, 1.807) is 12.1 Å². The molecule has 3 nitrogen and oxygen atoms in total. The predicted molar refractivity (Wildman–Crippen MR) is 73.6 cm³/mol. The second-order valence-corrected chi connectivity index (χ2v) is 5.29. The first-order valence-corrected chi connectivity index (χ1v) is 6.55. The van der Waals surface area contributed by atoms with Crippen LogP contribution in [0.3, 0.4) is 0 Å². The van der Waals surface area contributed by atoms with Gasteiger partial charge in [0, 0.05) is 0 Å². The van der Waals surface area contributed by atoms with Crippen LogP contribution in [0.25, 0.3) is 11.1 Å². The Hall–Kier alpha value is -0.650. The molecular weight excluding hydrogens is 259 g/mol. The summed E-state index contributed by atoms with van der Waals surface area (Å²) >= 11 is 0. The van der Waals surface area contributed by atoms with Gasteiger partial charge in [0.05, 0.1) is 4.90 Å². The first-order chi connectivity index (χ1) is 7.97. The van der Waals surface area contributed by atoms with Crippen molar-refractivity contribution in [3.05, 3.63) is 54.1 Å². The van der Waals surface area contributed by atoms with E-state index >= 15 is 0 Å². The normalized spacial score (nSPS) is 10.8. The van der Waals surface area contributed by atoms with Gasteiger partial charge in [-0.15, -0.1) is 0 Å². The third kappa shape index (κ3) is 3.67. The Balaban J connectivity index is 0.00000162. The van der Waals surface area contributed by atoms with Crippen molar-refractivity contribution in [2.75, 3.05) is 0 Å². The molecule has 0 spiro atoms. The molecule has 0 aliphatic carbocycles. The van der Waals surface area contributed by atoms with E-state index in [0.29, 0.717) is 0 Å². The molecule has 0 heterocycles. The van der Waals surface area contributed by atoms with E-state index in [9.17, 15) is 8.42 Å². The van der Waals surface area contributed by atoms with Crippen molar-refractivity contribution >= 4 is 39.7 Å². The minimum absolute atomic E-state index is 0. The van der Waals surface area contributed by atoms with Crippen molar-refractivity contribution in [2.24, 2.45) is 0 Å². The molecular formula is C13H13NaO3S. The van der Waals surface area contributed by atoms with Gasteiger partial charge in [-0.1, -0.05) is 42.0 Å². The van der Waals surface area contributed by atoms with Crippen LogP contribution >= 0.6 is 0 Å². The van der Waals surface area contributed by atoms with Crippen molar-refractivity contribution in [3.63, 3.8) is 0 Å². The number of hydrogen-bond acceptors (Lipinski definition) is 2. The van der Waals surface area contributed by atoms with Crippen LogP contribution < -0.4 is 0 Å². The van der Waals surface area contributed by atoms with Crippen LogP contribution in [-0.4, -0.2) is 42.5 Å². The average molecular weight is 272 g/mol. The van der Waals surface area contributed by atoms with Gasteiger partial charge in [-0.2, -0.15) is 8.42 Å². The third-order valence-electron chi connectivity index (χ3n) is 2.54. The van der Waals surface area contributed by atoms with E-state index in [1.165, 1.54) is 17.7 Å². The summed E-state index contributed by atoms with van der Waals surface area (Å²) in [7, 11) is -4.11. The van der Waals surface area contributed by atoms with Gasteiger partial charge in [-0.05, 0) is 30.2 Å². The van der Waals surface area contributed by atoms with Crippen LogP contribution in [0, 0.1) is 6.92 Å². The molecule has 18 heavy (non-hydrogen) atoms. The van der Waals surface area contributed by atoms with Gasteiger partial charge in [-0.3, -0.25) is 4.55 Å². The molecule has 0 bridgehead atoms. The molecule has 2 aromatic carbocycles. The molecule has 0 aromatic heterocycles. The van der Waals surface area contributed by atoms with E-state index in [0.717, 1.165) is 11.1 Å². The molecule has 0 amide bonds. The Bertz CT molecular complexity index is 616. The van der Waals surface area contributed by atoms with Gasteiger partial charge in [0.15, 0.2) is 0 Å². The van der Waals surface area contributed by atoms with Gasteiger partial charge in [0.25, 0.3) is 10.1 Å². The number of hydrogen-bond donors (Lipinski definition) is 1. The monoisotopic (exact) mass is 272 g/mol. The fourth-order valence-corrected chi connectivity index (χ4v) is 2.05. The number of rotatable bonds is 2. The van der Waals surface area contributed by atoms with Crippen LogP contribution in [0.2, 0.25) is 0 Å². The number of aryl methyl sites for hydroxylation is 1.